The lowest BCUT2D eigenvalue weighted by molar-refractivity contribution is 0.0709. The maximum Gasteiger partial charge on any atom is 0.253 e. The van der Waals surface area contributed by atoms with Crippen LogP contribution in [0.25, 0.3) is 5.69 Å². The number of carbonyl (C=O) groups is 1. The van der Waals surface area contributed by atoms with Crippen LogP contribution in [0.5, 0.6) is 0 Å². The summed E-state index contributed by atoms with van der Waals surface area (Å²) in [5.41, 5.74) is 13.5. The van der Waals surface area contributed by atoms with Gasteiger partial charge in [-0.25, -0.2) is 0 Å². The molecule has 0 aliphatic carbocycles. The molecule has 0 spiro atoms. The molecule has 0 atom stereocenters. The third-order valence-electron chi connectivity index (χ3n) is 4.80. The van der Waals surface area contributed by atoms with Gasteiger partial charge < -0.3 is 21.8 Å². The van der Waals surface area contributed by atoms with Crippen LogP contribution in [-0.4, -0.2) is 44.4 Å². The summed E-state index contributed by atoms with van der Waals surface area (Å²) >= 11 is 0. The van der Waals surface area contributed by atoms with Crippen molar-refractivity contribution in [1.82, 2.24) is 19.7 Å². The molecule has 1 aliphatic heterocycles. The highest BCUT2D eigenvalue weighted by Crippen LogP contribution is 2.22. The number of hydrogen-bond donors (Lipinski definition) is 3. The average molecular weight is 355 g/mol. The third-order valence-corrected chi connectivity index (χ3v) is 4.80. The number of nitrogen functional groups attached to an aromatic ring is 2. The number of rotatable bonds is 5. The van der Waals surface area contributed by atoms with Crippen molar-refractivity contribution < 1.29 is 4.79 Å². The number of hydrogen-bond acceptors (Lipinski definition) is 6. The van der Waals surface area contributed by atoms with Crippen molar-refractivity contribution in [2.75, 3.05) is 24.6 Å². The molecular formula is C18H25N7O. The molecule has 2 aromatic rings. The van der Waals surface area contributed by atoms with E-state index >= 15 is 0 Å². The fraction of sp³-hybridized carbons (Fsp3) is 0.444. The van der Waals surface area contributed by atoms with Gasteiger partial charge >= 0.3 is 0 Å². The van der Waals surface area contributed by atoms with E-state index in [1.165, 1.54) is 4.68 Å². The maximum atomic E-state index is 12.7. The van der Waals surface area contributed by atoms with Crippen molar-refractivity contribution in [3.63, 3.8) is 0 Å². The first kappa shape index (κ1) is 17.9. The summed E-state index contributed by atoms with van der Waals surface area (Å²) in [5.74, 6) is 0.655. The molecule has 0 radical (unpaired) electrons. The van der Waals surface area contributed by atoms with Gasteiger partial charge in [0.15, 0.2) is 0 Å². The third kappa shape index (κ3) is 3.68. The lowest BCUT2D eigenvalue weighted by atomic mass is 9.89. The Balaban J connectivity index is 1.64. The SMILES string of the molecule is CCCC(=N)C1CCN(C(=O)c2ccc(-n3nc(N)nc3N)cc2)CC1. The van der Waals surface area contributed by atoms with Crippen LogP contribution in [0, 0.1) is 11.3 Å². The molecule has 1 aromatic heterocycles. The molecule has 1 amide bonds. The zero-order valence-electron chi connectivity index (χ0n) is 15.0. The Labute approximate surface area is 152 Å². The lowest BCUT2D eigenvalue weighted by Gasteiger charge is -2.32. The van der Waals surface area contributed by atoms with Gasteiger partial charge in [0.25, 0.3) is 5.91 Å². The largest absolute Gasteiger partial charge is 0.368 e. The van der Waals surface area contributed by atoms with Gasteiger partial charge in [-0.2, -0.15) is 9.67 Å². The Bertz CT molecular complexity index is 788. The first-order valence-electron chi connectivity index (χ1n) is 8.94. The van der Waals surface area contributed by atoms with E-state index in [0.29, 0.717) is 30.3 Å². The van der Waals surface area contributed by atoms with Crippen LogP contribution >= 0.6 is 0 Å². The summed E-state index contributed by atoms with van der Waals surface area (Å²) in [4.78, 5) is 18.4. The number of amides is 1. The van der Waals surface area contributed by atoms with E-state index in [-0.39, 0.29) is 17.8 Å². The molecule has 1 aromatic carbocycles. The van der Waals surface area contributed by atoms with Gasteiger partial charge in [-0.05, 0) is 49.4 Å². The first-order chi connectivity index (χ1) is 12.5. The number of piperidine rings is 1. The molecule has 5 N–H and O–H groups in total. The number of anilines is 2. The van der Waals surface area contributed by atoms with Crippen molar-refractivity contribution in [2.45, 2.75) is 32.6 Å². The minimum atomic E-state index is 0.0168. The van der Waals surface area contributed by atoms with Crippen LogP contribution in [0.2, 0.25) is 0 Å². The molecule has 3 rings (SSSR count). The summed E-state index contributed by atoms with van der Waals surface area (Å²) in [5, 5.41) is 12.1. The smallest absolute Gasteiger partial charge is 0.253 e. The first-order valence-corrected chi connectivity index (χ1v) is 8.94. The Morgan fingerprint density at radius 1 is 1.23 bits per heavy atom. The molecule has 26 heavy (non-hydrogen) atoms. The van der Waals surface area contributed by atoms with Gasteiger partial charge in [0.2, 0.25) is 11.9 Å². The van der Waals surface area contributed by atoms with Crippen molar-refractivity contribution in [1.29, 1.82) is 5.41 Å². The average Bonchev–Trinajstić information content (AvgIpc) is 3.00. The number of benzene rings is 1. The van der Waals surface area contributed by atoms with Crippen LogP contribution in [-0.2, 0) is 0 Å². The van der Waals surface area contributed by atoms with E-state index in [2.05, 4.69) is 17.0 Å². The second-order valence-corrected chi connectivity index (χ2v) is 6.63. The molecule has 8 heteroatoms. The van der Waals surface area contributed by atoms with Gasteiger partial charge in [-0.1, -0.05) is 13.3 Å². The van der Waals surface area contributed by atoms with E-state index in [4.69, 9.17) is 16.9 Å². The highest BCUT2D eigenvalue weighted by Gasteiger charge is 2.25. The quantitative estimate of drug-likeness (QED) is 0.708. The summed E-state index contributed by atoms with van der Waals surface area (Å²) in [6.45, 7) is 3.49. The van der Waals surface area contributed by atoms with Crippen LogP contribution in [0.4, 0.5) is 11.9 Å². The van der Waals surface area contributed by atoms with Gasteiger partial charge in [0.05, 0.1) is 5.69 Å². The fourth-order valence-corrected chi connectivity index (χ4v) is 3.36. The van der Waals surface area contributed by atoms with Gasteiger partial charge in [-0.3, -0.25) is 4.79 Å². The molecule has 8 nitrogen and oxygen atoms in total. The molecule has 0 saturated carbocycles. The Kier molecular flexibility index (Phi) is 5.20. The molecule has 1 aliphatic rings. The monoisotopic (exact) mass is 355 g/mol. The minimum absolute atomic E-state index is 0.0168. The Morgan fingerprint density at radius 2 is 1.88 bits per heavy atom. The Morgan fingerprint density at radius 3 is 2.42 bits per heavy atom. The second-order valence-electron chi connectivity index (χ2n) is 6.63. The topological polar surface area (TPSA) is 127 Å². The molecule has 1 saturated heterocycles. The molecule has 0 bridgehead atoms. The molecular weight excluding hydrogens is 330 g/mol. The molecule has 0 unspecified atom stereocenters. The lowest BCUT2D eigenvalue weighted by Crippen LogP contribution is -2.40. The molecule has 138 valence electrons. The second kappa shape index (κ2) is 7.55. The van der Waals surface area contributed by atoms with Crippen molar-refractivity contribution in [2.24, 2.45) is 5.92 Å². The fourth-order valence-electron chi connectivity index (χ4n) is 3.36. The van der Waals surface area contributed by atoms with Crippen LogP contribution < -0.4 is 11.5 Å². The van der Waals surface area contributed by atoms with Crippen molar-refractivity contribution in [3.8, 4) is 5.69 Å². The van der Waals surface area contributed by atoms with E-state index in [1.807, 2.05) is 4.90 Å². The number of aromatic nitrogens is 3. The summed E-state index contributed by atoms with van der Waals surface area (Å²) in [7, 11) is 0. The van der Waals surface area contributed by atoms with Crippen LogP contribution in [0.15, 0.2) is 24.3 Å². The highest BCUT2D eigenvalue weighted by atomic mass is 16.2. The predicted octanol–water partition coefficient (Wildman–Crippen LogP) is 2.10. The van der Waals surface area contributed by atoms with E-state index < -0.39 is 0 Å². The van der Waals surface area contributed by atoms with Crippen molar-refractivity contribution in [3.05, 3.63) is 29.8 Å². The zero-order chi connectivity index (χ0) is 18.7. The molecule has 2 heterocycles. The Hall–Kier alpha value is -2.90. The maximum absolute atomic E-state index is 12.7. The van der Waals surface area contributed by atoms with E-state index in [1.54, 1.807) is 24.3 Å². The zero-order valence-corrected chi connectivity index (χ0v) is 15.0. The van der Waals surface area contributed by atoms with Crippen LogP contribution in [0.1, 0.15) is 43.0 Å². The number of nitrogens with one attached hydrogen (secondary N) is 1. The molecule has 1 fully saturated rings. The minimum Gasteiger partial charge on any atom is -0.368 e. The van der Waals surface area contributed by atoms with Crippen LogP contribution in [0.3, 0.4) is 0 Å². The predicted molar refractivity (Wildman–Crippen MR) is 101 cm³/mol. The number of carbonyl (C=O) groups excluding carboxylic acids is 1. The summed E-state index contributed by atoms with van der Waals surface area (Å²) in [6.07, 6.45) is 3.61. The summed E-state index contributed by atoms with van der Waals surface area (Å²) < 4.78 is 1.44. The van der Waals surface area contributed by atoms with Gasteiger partial charge in [0, 0.05) is 24.4 Å². The standard InChI is InChI=1S/C18H25N7O/c1-2-3-15(19)12-8-10-24(11-9-12)16(26)13-4-6-14(7-5-13)25-18(21)22-17(20)23-25/h4-7,12,19H,2-3,8-11H2,1H3,(H4,20,21,22,23). The van der Waals surface area contributed by atoms with Gasteiger partial charge in [-0.15, -0.1) is 5.10 Å². The number of likely N-dealkylation sites (tertiary alicyclic amines) is 1. The van der Waals surface area contributed by atoms with E-state index in [9.17, 15) is 4.79 Å². The van der Waals surface area contributed by atoms with Gasteiger partial charge in [0.1, 0.15) is 0 Å². The van der Waals surface area contributed by atoms with Crippen molar-refractivity contribution >= 4 is 23.5 Å². The van der Waals surface area contributed by atoms with E-state index in [0.717, 1.165) is 31.4 Å². The highest BCUT2D eigenvalue weighted by molar-refractivity contribution is 5.94. The summed E-state index contributed by atoms with van der Waals surface area (Å²) in [6, 6.07) is 7.09. The number of nitrogens with two attached hydrogens (primary N) is 2. The number of nitrogens with zero attached hydrogens (tertiary/aromatic N) is 4. The normalized spacial score (nSPS) is 15.2.